The Kier molecular flexibility index (Phi) is 6.01. The first-order valence-corrected chi connectivity index (χ1v) is 9.72. The number of benzene rings is 1. The minimum atomic E-state index is -0.161. The summed E-state index contributed by atoms with van der Waals surface area (Å²) >= 11 is 0. The number of aromatic nitrogens is 2. The van der Waals surface area contributed by atoms with Gasteiger partial charge in [0.1, 0.15) is 6.54 Å². The van der Waals surface area contributed by atoms with Gasteiger partial charge < -0.3 is 10.2 Å². The summed E-state index contributed by atoms with van der Waals surface area (Å²) in [5.74, 6) is 0.335. The zero-order valence-corrected chi connectivity index (χ0v) is 16.8. The molecule has 0 bridgehead atoms. The highest BCUT2D eigenvalue weighted by Crippen LogP contribution is 2.13. The van der Waals surface area contributed by atoms with Gasteiger partial charge in [0, 0.05) is 45.8 Å². The topological polar surface area (TPSA) is 62.5 Å². The largest absolute Gasteiger partial charge is 0.353 e. The number of para-hydroxylation sites is 2. The molecule has 148 valence electrons. The Morgan fingerprint density at radius 3 is 2.33 bits per heavy atom. The monoisotopic (exact) mass is 373 g/mol. The van der Waals surface area contributed by atoms with Crippen LogP contribution in [0.5, 0.6) is 0 Å². The summed E-state index contributed by atoms with van der Waals surface area (Å²) in [6.45, 7) is 9.23. The minimum absolute atomic E-state index is 0.0493. The Morgan fingerprint density at radius 1 is 1.07 bits per heavy atom. The second-order valence-electron chi connectivity index (χ2n) is 7.87. The molecule has 0 aliphatic carbocycles. The second kappa shape index (κ2) is 8.27. The first kappa shape index (κ1) is 19.6. The first-order chi connectivity index (χ1) is 12.9. The van der Waals surface area contributed by atoms with Gasteiger partial charge in [-0.1, -0.05) is 26.0 Å². The van der Waals surface area contributed by atoms with Gasteiger partial charge in [0.25, 0.3) is 0 Å². The van der Waals surface area contributed by atoms with Crippen LogP contribution in [-0.4, -0.2) is 70.7 Å². The predicted octanol–water partition coefficient (Wildman–Crippen LogP) is 0.728. The van der Waals surface area contributed by atoms with E-state index in [2.05, 4.69) is 36.0 Å². The van der Waals surface area contributed by atoms with E-state index < -0.39 is 0 Å². The average molecular weight is 374 g/mol. The standard InChI is InChI=1S/C20H31N5O2/c1-15(2)18(24-11-9-22(3)10-12-24)13-21-19(26)14-25-17-8-6-5-7-16(17)23(4)20(25)27/h5-8,15,18H,9-14H2,1-4H3,(H,21,26). The molecule has 1 aliphatic rings. The molecule has 0 radical (unpaired) electrons. The number of amides is 1. The van der Waals surface area contributed by atoms with E-state index in [-0.39, 0.29) is 18.1 Å². The van der Waals surface area contributed by atoms with Crippen LogP contribution in [0.3, 0.4) is 0 Å². The summed E-state index contributed by atoms with van der Waals surface area (Å²) in [5, 5.41) is 3.06. The van der Waals surface area contributed by atoms with Gasteiger partial charge in [-0.3, -0.25) is 18.8 Å². The van der Waals surface area contributed by atoms with Crippen LogP contribution < -0.4 is 11.0 Å². The van der Waals surface area contributed by atoms with Crippen molar-refractivity contribution in [3.8, 4) is 0 Å². The Labute approximate surface area is 160 Å². The molecule has 0 spiro atoms. The number of rotatable bonds is 6. The van der Waals surface area contributed by atoms with Crippen molar-refractivity contribution in [2.75, 3.05) is 39.8 Å². The first-order valence-electron chi connectivity index (χ1n) is 9.72. The van der Waals surface area contributed by atoms with E-state index >= 15 is 0 Å². The highest BCUT2D eigenvalue weighted by Gasteiger charge is 2.25. The Hall–Kier alpha value is -2.12. The van der Waals surface area contributed by atoms with Crippen LogP contribution >= 0.6 is 0 Å². The molecular weight excluding hydrogens is 342 g/mol. The van der Waals surface area contributed by atoms with Crippen molar-refractivity contribution in [1.29, 1.82) is 0 Å². The number of imidazole rings is 1. The fourth-order valence-corrected chi connectivity index (χ4v) is 3.87. The third-order valence-electron chi connectivity index (χ3n) is 5.64. The molecule has 7 heteroatoms. The van der Waals surface area contributed by atoms with Gasteiger partial charge in [0.05, 0.1) is 11.0 Å². The van der Waals surface area contributed by atoms with E-state index in [4.69, 9.17) is 0 Å². The number of aryl methyl sites for hydroxylation is 1. The number of nitrogens with zero attached hydrogens (tertiary/aromatic N) is 4. The van der Waals surface area contributed by atoms with Crippen molar-refractivity contribution in [3.05, 3.63) is 34.7 Å². The lowest BCUT2D eigenvalue weighted by atomic mass is 10.0. The highest BCUT2D eigenvalue weighted by molar-refractivity contribution is 5.80. The Bertz CT molecular complexity index is 846. The summed E-state index contributed by atoms with van der Waals surface area (Å²) in [5.41, 5.74) is 1.47. The lowest BCUT2D eigenvalue weighted by Crippen LogP contribution is -2.54. The Balaban J connectivity index is 1.65. The van der Waals surface area contributed by atoms with Crippen LogP contribution in [0.1, 0.15) is 13.8 Å². The van der Waals surface area contributed by atoms with E-state index in [0.717, 1.165) is 37.2 Å². The normalized spacial score (nSPS) is 17.5. The van der Waals surface area contributed by atoms with Crippen molar-refractivity contribution < 1.29 is 4.79 Å². The lowest BCUT2D eigenvalue weighted by molar-refractivity contribution is -0.122. The molecule has 0 saturated carbocycles. The number of piperazine rings is 1. The molecule has 1 amide bonds. The molecule has 27 heavy (non-hydrogen) atoms. The molecule has 1 aliphatic heterocycles. The molecule has 7 nitrogen and oxygen atoms in total. The number of hydrogen-bond donors (Lipinski definition) is 1. The zero-order chi connectivity index (χ0) is 19.6. The molecule has 2 heterocycles. The van der Waals surface area contributed by atoms with Gasteiger partial charge >= 0.3 is 5.69 Å². The van der Waals surface area contributed by atoms with Crippen LogP contribution in [-0.2, 0) is 18.4 Å². The lowest BCUT2D eigenvalue weighted by Gasteiger charge is -2.39. The van der Waals surface area contributed by atoms with E-state index in [9.17, 15) is 9.59 Å². The van der Waals surface area contributed by atoms with Crippen LogP contribution in [0.25, 0.3) is 11.0 Å². The molecule has 1 saturated heterocycles. The third-order valence-corrected chi connectivity index (χ3v) is 5.64. The van der Waals surface area contributed by atoms with E-state index in [1.165, 1.54) is 0 Å². The van der Waals surface area contributed by atoms with Crippen molar-refractivity contribution >= 4 is 16.9 Å². The van der Waals surface area contributed by atoms with Gasteiger partial charge in [0.15, 0.2) is 0 Å². The van der Waals surface area contributed by atoms with Crippen molar-refractivity contribution in [3.63, 3.8) is 0 Å². The van der Waals surface area contributed by atoms with Gasteiger partial charge in [-0.25, -0.2) is 4.79 Å². The maximum absolute atomic E-state index is 12.6. The van der Waals surface area contributed by atoms with Gasteiger partial charge in [-0.2, -0.15) is 0 Å². The van der Waals surface area contributed by atoms with Crippen LogP contribution in [0.2, 0.25) is 0 Å². The maximum atomic E-state index is 12.6. The fourth-order valence-electron chi connectivity index (χ4n) is 3.87. The molecular formula is C20H31N5O2. The summed E-state index contributed by atoms with van der Waals surface area (Å²) < 4.78 is 3.13. The predicted molar refractivity (Wildman–Crippen MR) is 108 cm³/mol. The average Bonchev–Trinajstić information content (AvgIpc) is 2.88. The molecule has 3 rings (SSSR count). The quantitative estimate of drug-likeness (QED) is 0.811. The number of likely N-dealkylation sites (N-methyl/N-ethyl adjacent to an activating group) is 1. The van der Waals surface area contributed by atoms with Crippen molar-refractivity contribution in [2.45, 2.75) is 26.4 Å². The number of nitrogens with one attached hydrogen (secondary N) is 1. The second-order valence-corrected chi connectivity index (χ2v) is 7.87. The van der Waals surface area contributed by atoms with E-state index in [1.54, 1.807) is 16.2 Å². The van der Waals surface area contributed by atoms with Gasteiger partial charge in [-0.05, 0) is 25.1 Å². The van der Waals surface area contributed by atoms with Gasteiger partial charge in [0.2, 0.25) is 5.91 Å². The smallest absolute Gasteiger partial charge is 0.329 e. The summed E-state index contributed by atoms with van der Waals surface area (Å²) in [7, 11) is 3.88. The number of hydrogen-bond acceptors (Lipinski definition) is 4. The molecule has 1 fully saturated rings. The van der Waals surface area contributed by atoms with E-state index in [0.29, 0.717) is 18.5 Å². The zero-order valence-electron chi connectivity index (χ0n) is 16.8. The molecule has 1 aromatic carbocycles. The molecule has 1 atom stereocenters. The van der Waals surface area contributed by atoms with Crippen molar-refractivity contribution in [2.24, 2.45) is 13.0 Å². The summed E-state index contributed by atoms with van der Waals surface area (Å²) in [4.78, 5) is 29.9. The minimum Gasteiger partial charge on any atom is -0.353 e. The van der Waals surface area contributed by atoms with E-state index in [1.807, 2.05) is 24.3 Å². The van der Waals surface area contributed by atoms with Crippen LogP contribution in [0.15, 0.2) is 29.1 Å². The number of fused-ring (bicyclic) bond motifs is 1. The van der Waals surface area contributed by atoms with Gasteiger partial charge in [-0.15, -0.1) is 0 Å². The fraction of sp³-hybridized carbons (Fsp3) is 0.600. The molecule has 2 aromatic rings. The van der Waals surface area contributed by atoms with Crippen molar-refractivity contribution in [1.82, 2.24) is 24.3 Å². The highest BCUT2D eigenvalue weighted by atomic mass is 16.2. The molecule has 1 N–H and O–H groups in total. The Morgan fingerprint density at radius 2 is 1.70 bits per heavy atom. The summed E-state index contributed by atoms with van der Waals surface area (Å²) in [6, 6.07) is 7.87. The third kappa shape index (κ3) is 4.25. The number of carbonyl (C=O) groups is 1. The molecule has 1 aromatic heterocycles. The van der Waals surface area contributed by atoms with Crippen LogP contribution in [0, 0.1) is 5.92 Å². The summed E-state index contributed by atoms with van der Waals surface area (Å²) in [6.07, 6.45) is 0. The van der Waals surface area contributed by atoms with Crippen LogP contribution in [0.4, 0.5) is 0 Å². The number of carbonyl (C=O) groups excluding carboxylic acids is 1. The maximum Gasteiger partial charge on any atom is 0.329 e. The SMILES string of the molecule is CC(C)C(CNC(=O)Cn1c(=O)n(C)c2ccccc21)N1CCN(C)CC1. The molecule has 1 unspecified atom stereocenters.